The Morgan fingerprint density at radius 1 is 0.846 bits per heavy atom. The van der Waals surface area contributed by atoms with E-state index in [0.29, 0.717) is 11.1 Å². The average molecular weight is 707 g/mol. The van der Waals surface area contributed by atoms with E-state index in [0.717, 1.165) is 22.0 Å². The van der Waals surface area contributed by atoms with Crippen molar-refractivity contribution >= 4 is 40.4 Å². The summed E-state index contributed by atoms with van der Waals surface area (Å²) < 4.78 is 0. The van der Waals surface area contributed by atoms with Gasteiger partial charge in [-0.2, -0.15) is 0 Å². The molecule has 2 aliphatic heterocycles. The van der Waals surface area contributed by atoms with Crippen LogP contribution in [0.2, 0.25) is 0 Å². The Balaban J connectivity index is 1.39. The minimum absolute atomic E-state index is 0.0252. The van der Waals surface area contributed by atoms with Crippen molar-refractivity contribution in [2.24, 2.45) is 0 Å². The molecule has 1 aromatic heterocycles. The van der Waals surface area contributed by atoms with Crippen molar-refractivity contribution in [1.82, 2.24) is 30.7 Å². The van der Waals surface area contributed by atoms with Crippen molar-refractivity contribution in [1.29, 1.82) is 0 Å². The Labute approximate surface area is 302 Å². The quantitative estimate of drug-likeness (QED) is 0.219. The number of aliphatic hydroxyl groups excluding tert-OH is 1. The van der Waals surface area contributed by atoms with Gasteiger partial charge in [-0.25, -0.2) is 0 Å². The van der Waals surface area contributed by atoms with Gasteiger partial charge in [0.05, 0.1) is 18.7 Å². The van der Waals surface area contributed by atoms with Crippen LogP contribution in [0.15, 0.2) is 85.1 Å². The fourth-order valence-electron chi connectivity index (χ4n) is 6.97. The number of para-hydroxylation sites is 1. The number of hydrogen-bond donors (Lipinski definition) is 5. The van der Waals surface area contributed by atoms with Crippen LogP contribution in [0.5, 0.6) is 0 Å². The molecule has 12 nitrogen and oxygen atoms in total. The molecule has 0 bridgehead atoms. The van der Waals surface area contributed by atoms with Gasteiger partial charge in [0.1, 0.15) is 18.1 Å². The van der Waals surface area contributed by atoms with Crippen molar-refractivity contribution in [2.75, 3.05) is 19.6 Å². The Kier molecular flexibility index (Phi) is 10.5. The van der Waals surface area contributed by atoms with Gasteiger partial charge in [-0.1, -0.05) is 81.4 Å². The monoisotopic (exact) mass is 706 g/mol. The molecule has 2 fully saturated rings. The smallest absolute Gasteiger partial charge is 0.254 e. The minimum Gasteiger partial charge on any atom is -0.391 e. The Hall–Kier alpha value is -5.49. The normalized spacial score (nSPS) is 23.7. The molecular weight excluding hydrogens is 660 g/mol. The first-order chi connectivity index (χ1) is 24.8. The number of aromatic nitrogens is 1. The summed E-state index contributed by atoms with van der Waals surface area (Å²) in [6.07, 6.45) is 0.861. The number of fused-ring (bicyclic) bond motifs is 2. The third kappa shape index (κ3) is 8.02. The third-order valence-corrected chi connectivity index (χ3v) is 9.89. The van der Waals surface area contributed by atoms with Crippen molar-refractivity contribution in [3.63, 3.8) is 0 Å². The fraction of sp³-hybridized carbons (Fsp3) is 0.375. The summed E-state index contributed by atoms with van der Waals surface area (Å²) >= 11 is 0. The lowest BCUT2D eigenvalue weighted by Crippen LogP contribution is -2.56. The van der Waals surface area contributed by atoms with E-state index in [4.69, 9.17) is 0 Å². The molecule has 0 saturated carbocycles. The molecule has 4 aromatic rings. The summed E-state index contributed by atoms with van der Waals surface area (Å²) in [7, 11) is 0. The summed E-state index contributed by atoms with van der Waals surface area (Å²) in [5, 5.41) is 20.1. The van der Waals surface area contributed by atoms with Crippen LogP contribution in [0.4, 0.5) is 0 Å². The van der Waals surface area contributed by atoms with E-state index in [1.165, 1.54) is 16.7 Å². The van der Waals surface area contributed by atoms with E-state index in [1.807, 2.05) is 66.7 Å². The number of aliphatic hydroxyl groups is 1. The van der Waals surface area contributed by atoms with Gasteiger partial charge in [-0.3, -0.25) is 24.0 Å². The molecule has 6 rings (SSSR count). The highest BCUT2D eigenvalue weighted by atomic mass is 16.3. The molecule has 5 atom stereocenters. The van der Waals surface area contributed by atoms with Gasteiger partial charge in [0.2, 0.25) is 23.6 Å². The summed E-state index contributed by atoms with van der Waals surface area (Å²) in [6, 6.07) is 19.9. The van der Waals surface area contributed by atoms with Gasteiger partial charge in [0.15, 0.2) is 0 Å². The van der Waals surface area contributed by atoms with Gasteiger partial charge in [-0.15, -0.1) is 0 Å². The van der Waals surface area contributed by atoms with Crippen LogP contribution >= 0.6 is 0 Å². The zero-order chi connectivity index (χ0) is 37.2. The number of aromatic amines is 1. The first-order valence-corrected chi connectivity index (χ1v) is 17.7. The maximum Gasteiger partial charge on any atom is 0.254 e. The third-order valence-electron chi connectivity index (χ3n) is 9.89. The number of hydrogen-bond acceptors (Lipinski definition) is 6. The van der Waals surface area contributed by atoms with E-state index < -0.39 is 66.4 Å². The van der Waals surface area contributed by atoms with Crippen molar-refractivity contribution in [3.8, 4) is 0 Å². The maximum atomic E-state index is 14.3. The summed E-state index contributed by atoms with van der Waals surface area (Å²) in [5.74, 6) is -2.69. The number of amides is 5. The van der Waals surface area contributed by atoms with Crippen LogP contribution in [-0.4, -0.2) is 93.3 Å². The highest BCUT2D eigenvalue weighted by Crippen LogP contribution is 2.25. The molecule has 0 unspecified atom stereocenters. The molecule has 5 amide bonds. The van der Waals surface area contributed by atoms with Crippen LogP contribution in [0, 0.1) is 0 Å². The topological polar surface area (TPSA) is 164 Å². The number of H-pyrrole nitrogens is 1. The van der Waals surface area contributed by atoms with E-state index in [-0.39, 0.29) is 31.3 Å². The Morgan fingerprint density at radius 3 is 2.25 bits per heavy atom. The van der Waals surface area contributed by atoms with Gasteiger partial charge >= 0.3 is 0 Å². The first-order valence-electron chi connectivity index (χ1n) is 17.7. The number of nitrogens with one attached hydrogen (secondary N) is 4. The highest BCUT2D eigenvalue weighted by Gasteiger charge is 2.43. The largest absolute Gasteiger partial charge is 0.391 e. The molecule has 2 aliphatic rings. The molecule has 52 heavy (non-hydrogen) atoms. The molecule has 2 saturated heterocycles. The van der Waals surface area contributed by atoms with Crippen LogP contribution in [0.1, 0.15) is 67.2 Å². The second-order valence-electron chi connectivity index (χ2n) is 14.8. The van der Waals surface area contributed by atoms with Crippen molar-refractivity contribution in [2.45, 2.75) is 76.2 Å². The zero-order valence-corrected chi connectivity index (χ0v) is 29.9. The molecule has 12 heteroatoms. The Bertz CT molecular complexity index is 1950. The lowest BCUT2D eigenvalue weighted by atomic mass is 9.86. The Morgan fingerprint density at radius 2 is 1.54 bits per heavy atom. The molecule has 3 heterocycles. The van der Waals surface area contributed by atoms with Gasteiger partial charge in [0, 0.05) is 48.6 Å². The van der Waals surface area contributed by atoms with E-state index >= 15 is 0 Å². The van der Waals surface area contributed by atoms with Crippen LogP contribution in [-0.2, 0) is 31.0 Å². The minimum atomic E-state index is -1.14. The summed E-state index contributed by atoms with van der Waals surface area (Å²) in [6.45, 7) is 7.15. The average Bonchev–Trinajstić information content (AvgIpc) is 3.73. The predicted octanol–water partition coefficient (Wildman–Crippen LogP) is 2.97. The molecule has 5 N–H and O–H groups in total. The van der Waals surface area contributed by atoms with E-state index in [9.17, 15) is 29.1 Å². The number of carbonyl (C=O) groups excluding carboxylic acids is 5. The SMILES string of the molecule is C[C@@H]1NC(=O)[C@@H]2C[C@@H](O)CN2C(=O)[C@@H](Cc2c[nH]c3ccccc23)NC(=O)CN(C(=O)c2ccc(C(C)(C)C)cc2)C[C@@H](c2ccccc2)NC1=O. The van der Waals surface area contributed by atoms with Crippen LogP contribution in [0.25, 0.3) is 10.9 Å². The number of nitrogens with zero attached hydrogens (tertiary/aromatic N) is 2. The molecule has 0 aliphatic carbocycles. The van der Waals surface area contributed by atoms with E-state index in [1.54, 1.807) is 18.3 Å². The second kappa shape index (κ2) is 15.0. The van der Waals surface area contributed by atoms with Crippen molar-refractivity contribution < 1.29 is 29.1 Å². The highest BCUT2D eigenvalue weighted by molar-refractivity contribution is 5.99. The molecule has 0 spiro atoms. The van der Waals surface area contributed by atoms with E-state index in [2.05, 4.69) is 41.7 Å². The van der Waals surface area contributed by atoms with Crippen molar-refractivity contribution in [3.05, 3.63) is 107 Å². The first kappa shape index (κ1) is 36.3. The molecule has 272 valence electrons. The predicted molar refractivity (Wildman–Crippen MR) is 196 cm³/mol. The lowest BCUT2D eigenvalue weighted by Gasteiger charge is -2.30. The maximum absolute atomic E-state index is 14.3. The number of benzene rings is 3. The summed E-state index contributed by atoms with van der Waals surface area (Å²) in [5.41, 5.74) is 3.57. The van der Waals surface area contributed by atoms with Gasteiger partial charge in [-0.05, 0) is 47.2 Å². The molecular formula is C40H46N6O6. The van der Waals surface area contributed by atoms with Crippen LogP contribution in [0.3, 0.4) is 0 Å². The summed E-state index contributed by atoms with van der Waals surface area (Å²) in [4.78, 5) is 75.8. The number of carbonyl (C=O) groups is 5. The van der Waals surface area contributed by atoms with Gasteiger partial charge in [0.25, 0.3) is 5.91 Å². The molecule has 0 radical (unpaired) electrons. The lowest BCUT2D eigenvalue weighted by molar-refractivity contribution is -0.142. The fourth-order valence-corrected chi connectivity index (χ4v) is 6.97. The van der Waals surface area contributed by atoms with Crippen LogP contribution < -0.4 is 16.0 Å². The second-order valence-corrected chi connectivity index (χ2v) is 14.8. The molecule has 3 aromatic carbocycles. The standard InChI is InChI=1S/C40H46N6O6/c1-24-36(49)44-33(25-10-6-5-7-11-25)22-45(38(51)26-14-16-28(17-15-26)40(2,3)4)23-35(48)43-32(18-27-20-41-31-13-9-8-12-30(27)31)39(52)46-21-29(47)19-34(46)37(50)42-24/h5-17,20,24,29,32-34,41,47H,18-19,21-23H2,1-4H3,(H,42,50)(H,43,48)(H,44,49)/t24-,29+,32+,33-,34-/m0/s1. The zero-order valence-electron chi connectivity index (χ0n) is 29.9. The number of rotatable bonds is 4. The van der Waals surface area contributed by atoms with Gasteiger partial charge < -0.3 is 35.8 Å².